The Morgan fingerprint density at radius 1 is 0.708 bits per heavy atom. The van der Waals surface area contributed by atoms with Crippen molar-refractivity contribution in [2.45, 2.75) is 19.7 Å². The van der Waals surface area contributed by atoms with Gasteiger partial charge >= 0.3 is 0 Å². The van der Waals surface area contributed by atoms with Crippen LogP contribution < -0.4 is 10.1 Å². The minimum Gasteiger partial charge on any atom is -0.489 e. The first-order valence-electron chi connectivity index (χ1n) is 8.00. The quantitative estimate of drug-likeness (QED) is 0.639. The predicted octanol–water partition coefficient (Wildman–Crippen LogP) is 5.21. The normalized spacial score (nSPS) is 10.5. The number of ether oxygens (including phenoxy) is 1. The van der Waals surface area contributed by atoms with Gasteiger partial charge in [-0.3, -0.25) is 0 Å². The molecule has 0 fully saturated rings. The van der Waals surface area contributed by atoms with Crippen molar-refractivity contribution in [2.24, 2.45) is 0 Å². The fourth-order valence-corrected chi connectivity index (χ4v) is 2.57. The molecule has 0 aliphatic heterocycles. The third-order valence-electron chi connectivity index (χ3n) is 3.72. The zero-order chi connectivity index (χ0) is 16.6. The van der Waals surface area contributed by atoms with E-state index in [1.54, 1.807) is 0 Å². The lowest BCUT2D eigenvalue weighted by Gasteiger charge is -2.09. The summed E-state index contributed by atoms with van der Waals surface area (Å²) in [5, 5.41) is 4.20. The molecule has 3 aromatic carbocycles. The van der Waals surface area contributed by atoms with Crippen LogP contribution in [0.4, 0.5) is 0 Å². The molecule has 0 heterocycles. The third kappa shape index (κ3) is 5.12. The molecule has 0 radical (unpaired) electrons. The highest BCUT2D eigenvalue weighted by molar-refractivity contribution is 6.30. The number of rotatable bonds is 7. The van der Waals surface area contributed by atoms with E-state index in [9.17, 15) is 0 Å². The summed E-state index contributed by atoms with van der Waals surface area (Å²) in [6, 6.07) is 26.3. The van der Waals surface area contributed by atoms with Gasteiger partial charge in [0.15, 0.2) is 0 Å². The standard InChI is InChI=1S/C21H20ClNO/c22-20-11-9-18(10-12-20)16-24-21-8-4-7-19(13-21)15-23-14-17-5-2-1-3-6-17/h1-13,23H,14-16H2. The van der Waals surface area contributed by atoms with Gasteiger partial charge in [-0.25, -0.2) is 0 Å². The number of hydrogen-bond acceptors (Lipinski definition) is 2. The lowest BCUT2D eigenvalue weighted by atomic mass is 10.2. The molecule has 3 aromatic rings. The average molecular weight is 338 g/mol. The predicted molar refractivity (Wildman–Crippen MR) is 99.2 cm³/mol. The molecule has 0 aromatic heterocycles. The van der Waals surface area contributed by atoms with Gasteiger partial charge in [0, 0.05) is 18.1 Å². The van der Waals surface area contributed by atoms with Crippen LogP contribution in [0.3, 0.4) is 0 Å². The summed E-state index contributed by atoms with van der Waals surface area (Å²) in [5.74, 6) is 0.879. The van der Waals surface area contributed by atoms with Crippen molar-refractivity contribution in [3.8, 4) is 5.75 Å². The molecule has 0 aliphatic rings. The van der Waals surface area contributed by atoms with Crippen LogP contribution in [0.25, 0.3) is 0 Å². The average Bonchev–Trinajstić information content (AvgIpc) is 2.63. The van der Waals surface area contributed by atoms with Gasteiger partial charge < -0.3 is 10.1 Å². The van der Waals surface area contributed by atoms with Crippen LogP contribution in [-0.4, -0.2) is 0 Å². The second-order valence-electron chi connectivity index (χ2n) is 5.65. The Morgan fingerprint density at radius 2 is 1.42 bits per heavy atom. The molecule has 0 saturated heterocycles. The lowest BCUT2D eigenvalue weighted by molar-refractivity contribution is 0.306. The maximum absolute atomic E-state index is 5.89. The zero-order valence-electron chi connectivity index (χ0n) is 13.4. The lowest BCUT2D eigenvalue weighted by Crippen LogP contribution is -2.12. The highest BCUT2D eigenvalue weighted by Gasteiger charge is 1.99. The van der Waals surface area contributed by atoms with E-state index in [0.29, 0.717) is 6.61 Å². The smallest absolute Gasteiger partial charge is 0.120 e. The van der Waals surface area contributed by atoms with Crippen molar-refractivity contribution < 1.29 is 4.74 Å². The maximum atomic E-state index is 5.89. The van der Waals surface area contributed by atoms with Crippen LogP contribution >= 0.6 is 11.6 Å². The van der Waals surface area contributed by atoms with Crippen LogP contribution in [0.15, 0.2) is 78.9 Å². The Balaban J connectivity index is 1.51. The van der Waals surface area contributed by atoms with Crippen LogP contribution in [0, 0.1) is 0 Å². The van der Waals surface area contributed by atoms with E-state index in [4.69, 9.17) is 16.3 Å². The van der Waals surface area contributed by atoms with Gasteiger partial charge in [0.05, 0.1) is 0 Å². The molecule has 0 unspecified atom stereocenters. The summed E-state index contributed by atoms with van der Waals surface area (Å²) in [6.07, 6.45) is 0. The Morgan fingerprint density at radius 3 is 2.21 bits per heavy atom. The molecule has 0 aliphatic carbocycles. The summed E-state index contributed by atoms with van der Waals surface area (Å²) in [4.78, 5) is 0. The van der Waals surface area contributed by atoms with Gasteiger partial charge in [-0.05, 0) is 41.0 Å². The van der Waals surface area contributed by atoms with Crippen LogP contribution in [0.1, 0.15) is 16.7 Å². The van der Waals surface area contributed by atoms with Crippen molar-refractivity contribution in [1.82, 2.24) is 5.32 Å². The van der Waals surface area contributed by atoms with Gasteiger partial charge in [0.25, 0.3) is 0 Å². The van der Waals surface area contributed by atoms with Crippen LogP contribution in [0.2, 0.25) is 5.02 Å². The highest BCUT2D eigenvalue weighted by Crippen LogP contribution is 2.16. The number of nitrogens with one attached hydrogen (secondary N) is 1. The summed E-state index contributed by atoms with van der Waals surface area (Å²) in [5.41, 5.74) is 3.60. The molecule has 0 amide bonds. The second-order valence-corrected chi connectivity index (χ2v) is 6.09. The van der Waals surface area contributed by atoms with E-state index < -0.39 is 0 Å². The van der Waals surface area contributed by atoms with Crippen molar-refractivity contribution in [1.29, 1.82) is 0 Å². The molecular formula is C21H20ClNO. The van der Waals surface area contributed by atoms with E-state index in [-0.39, 0.29) is 0 Å². The maximum Gasteiger partial charge on any atom is 0.120 e. The second kappa shape index (κ2) is 8.53. The molecule has 0 atom stereocenters. The van der Waals surface area contributed by atoms with Crippen molar-refractivity contribution >= 4 is 11.6 Å². The fourth-order valence-electron chi connectivity index (χ4n) is 2.44. The van der Waals surface area contributed by atoms with E-state index in [1.807, 2.05) is 42.5 Å². The summed E-state index contributed by atoms with van der Waals surface area (Å²) < 4.78 is 5.87. The molecule has 122 valence electrons. The van der Waals surface area contributed by atoms with Crippen molar-refractivity contribution in [3.63, 3.8) is 0 Å². The first-order chi connectivity index (χ1) is 11.8. The van der Waals surface area contributed by atoms with Crippen molar-refractivity contribution in [2.75, 3.05) is 0 Å². The summed E-state index contributed by atoms with van der Waals surface area (Å²) >= 11 is 5.89. The molecule has 1 N–H and O–H groups in total. The molecule has 2 nitrogen and oxygen atoms in total. The molecule has 0 spiro atoms. The Kier molecular flexibility index (Phi) is 5.89. The van der Waals surface area contributed by atoms with Crippen LogP contribution in [-0.2, 0) is 19.7 Å². The van der Waals surface area contributed by atoms with E-state index in [0.717, 1.165) is 29.4 Å². The summed E-state index contributed by atoms with van der Waals surface area (Å²) in [7, 11) is 0. The summed E-state index contributed by atoms with van der Waals surface area (Å²) in [6.45, 7) is 2.21. The van der Waals surface area contributed by atoms with Gasteiger partial charge in [-0.1, -0.05) is 66.2 Å². The molecule has 24 heavy (non-hydrogen) atoms. The number of benzene rings is 3. The van der Waals surface area contributed by atoms with Gasteiger partial charge in [-0.2, -0.15) is 0 Å². The first kappa shape index (κ1) is 16.6. The van der Waals surface area contributed by atoms with Crippen molar-refractivity contribution in [3.05, 3.63) is 101 Å². The monoisotopic (exact) mass is 337 g/mol. The fraction of sp³-hybridized carbons (Fsp3) is 0.143. The number of halogens is 1. The van der Waals surface area contributed by atoms with Crippen LogP contribution in [0.5, 0.6) is 5.75 Å². The van der Waals surface area contributed by atoms with E-state index in [1.165, 1.54) is 11.1 Å². The van der Waals surface area contributed by atoms with E-state index >= 15 is 0 Å². The minimum atomic E-state index is 0.540. The van der Waals surface area contributed by atoms with E-state index in [2.05, 4.69) is 41.7 Å². The largest absolute Gasteiger partial charge is 0.489 e. The zero-order valence-corrected chi connectivity index (χ0v) is 14.2. The van der Waals surface area contributed by atoms with Gasteiger partial charge in [0.1, 0.15) is 12.4 Å². The molecule has 3 heteroatoms. The highest BCUT2D eigenvalue weighted by atomic mass is 35.5. The molecule has 3 rings (SSSR count). The molecule has 0 bridgehead atoms. The first-order valence-corrected chi connectivity index (χ1v) is 8.38. The van der Waals surface area contributed by atoms with Gasteiger partial charge in [-0.15, -0.1) is 0 Å². The number of hydrogen-bond donors (Lipinski definition) is 1. The Hall–Kier alpha value is -2.29. The SMILES string of the molecule is Clc1ccc(COc2cccc(CNCc3ccccc3)c2)cc1. The Bertz CT molecular complexity index is 756. The van der Waals surface area contributed by atoms with Gasteiger partial charge in [0.2, 0.25) is 0 Å². The minimum absolute atomic E-state index is 0.540. The topological polar surface area (TPSA) is 21.3 Å². The third-order valence-corrected chi connectivity index (χ3v) is 3.97. The molecular weight excluding hydrogens is 318 g/mol. The molecule has 0 saturated carbocycles. The Labute approximate surface area is 148 Å².